The Kier molecular flexibility index (Phi) is 6.77. The maximum absolute atomic E-state index is 12.6. The van der Waals surface area contributed by atoms with Crippen LogP contribution in [0.1, 0.15) is 71.6 Å². The molecule has 0 amide bonds. The Morgan fingerprint density at radius 1 is 1.00 bits per heavy atom. The molecule has 8 nitrogen and oxygen atoms in total. The van der Waals surface area contributed by atoms with Gasteiger partial charge < -0.3 is 30.0 Å². The minimum absolute atomic E-state index is 0.0274. The SMILES string of the molecule is C[C@]12CC[C@@H](OC(=O)[C@@H](O)[C@@H](O)[C@H](O)[C@@H](O)C=O)C[C@H]1CC[C@@H]1[C@@H]2CC[C@]2(C)C(=O)CC[C@@H]12. The summed E-state index contributed by atoms with van der Waals surface area (Å²) in [7, 11) is 0. The highest BCUT2D eigenvalue weighted by atomic mass is 16.6. The first-order chi connectivity index (χ1) is 15.5. The van der Waals surface area contributed by atoms with E-state index in [2.05, 4.69) is 13.8 Å². The Balaban J connectivity index is 1.38. The van der Waals surface area contributed by atoms with Crippen LogP contribution in [0.2, 0.25) is 0 Å². The second kappa shape index (κ2) is 9.02. The highest BCUT2D eigenvalue weighted by molar-refractivity contribution is 5.87. The van der Waals surface area contributed by atoms with Crippen LogP contribution in [-0.4, -0.2) is 69.0 Å². The summed E-state index contributed by atoms with van der Waals surface area (Å²) in [5.41, 5.74) is -0.00273. The van der Waals surface area contributed by atoms with Gasteiger partial charge in [-0.15, -0.1) is 0 Å². The van der Waals surface area contributed by atoms with Crippen LogP contribution < -0.4 is 0 Å². The van der Waals surface area contributed by atoms with E-state index in [0.29, 0.717) is 42.3 Å². The summed E-state index contributed by atoms with van der Waals surface area (Å²) < 4.78 is 5.49. The number of Topliss-reactive ketones (excluding diaryl/α,β-unsaturated/α-hetero) is 1. The number of hydrogen-bond donors (Lipinski definition) is 4. The number of hydrogen-bond acceptors (Lipinski definition) is 8. The number of carbonyl (C=O) groups is 3. The van der Waals surface area contributed by atoms with Crippen molar-refractivity contribution in [2.75, 3.05) is 0 Å². The van der Waals surface area contributed by atoms with Crippen LogP contribution in [-0.2, 0) is 19.1 Å². The van der Waals surface area contributed by atoms with Gasteiger partial charge in [-0.2, -0.15) is 0 Å². The molecule has 0 aromatic carbocycles. The Hall–Kier alpha value is -1.35. The molecule has 0 aromatic rings. The van der Waals surface area contributed by atoms with Gasteiger partial charge in [-0.25, -0.2) is 4.79 Å². The van der Waals surface area contributed by atoms with Crippen LogP contribution in [0.4, 0.5) is 0 Å². The van der Waals surface area contributed by atoms with E-state index in [1.807, 2.05) is 0 Å². The monoisotopic (exact) mass is 466 g/mol. The predicted octanol–water partition coefficient (Wildman–Crippen LogP) is 1.15. The summed E-state index contributed by atoms with van der Waals surface area (Å²) in [6, 6.07) is 0. The van der Waals surface area contributed by atoms with Gasteiger partial charge >= 0.3 is 5.97 Å². The van der Waals surface area contributed by atoms with E-state index < -0.39 is 30.4 Å². The molecule has 4 saturated carbocycles. The van der Waals surface area contributed by atoms with E-state index in [4.69, 9.17) is 4.74 Å². The van der Waals surface area contributed by atoms with Gasteiger partial charge in [0.05, 0.1) is 0 Å². The molecule has 4 aliphatic carbocycles. The van der Waals surface area contributed by atoms with Gasteiger partial charge in [-0.1, -0.05) is 13.8 Å². The van der Waals surface area contributed by atoms with Crippen molar-refractivity contribution in [1.82, 2.24) is 0 Å². The standard InChI is InChI=1S/C25H38O8/c1-24-9-7-14(33-23(32)22(31)21(30)20(29)18(27)12-26)11-13(24)3-4-15-16-5-6-19(28)25(16,2)10-8-17(15)24/h12-18,20-22,27,29-31H,3-11H2,1-2H3/t13-,14-,15+,16+,17+,18+,20-,21+,22+,24+,25+/m1/s1. The molecule has 186 valence electrons. The first kappa shape index (κ1) is 24.8. The summed E-state index contributed by atoms with van der Waals surface area (Å²) in [4.78, 5) is 35.5. The Morgan fingerprint density at radius 3 is 2.42 bits per heavy atom. The lowest BCUT2D eigenvalue weighted by atomic mass is 9.45. The minimum atomic E-state index is -2.05. The smallest absolute Gasteiger partial charge is 0.338 e. The molecular formula is C25H38O8. The average molecular weight is 467 g/mol. The van der Waals surface area contributed by atoms with E-state index >= 15 is 0 Å². The number of esters is 1. The highest BCUT2D eigenvalue weighted by Gasteiger charge is 2.60. The Morgan fingerprint density at radius 2 is 1.73 bits per heavy atom. The van der Waals surface area contributed by atoms with Crippen LogP contribution >= 0.6 is 0 Å². The Bertz CT molecular complexity index is 784. The van der Waals surface area contributed by atoms with Crippen LogP contribution in [0.15, 0.2) is 0 Å². The summed E-state index contributed by atoms with van der Waals surface area (Å²) in [6.45, 7) is 4.54. The normalized spacial score (nSPS) is 43.9. The highest BCUT2D eigenvalue weighted by Crippen LogP contribution is 2.65. The van der Waals surface area contributed by atoms with Crippen molar-refractivity contribution in [3.8, 4) is 0 Å². The molecule has 0 spiro atoms. The van der Waals surface area contributed by atoms with Gasteiger partial charge in [0.1, 0.15) is 30.2 Å². The fourth-order valence-electron chi connectivity index (χ4n) is 7.94. The molecule has 4 fully saturated rings. The molecule has 4 N–H and O–H groups in total. The third-order valence-electron chi connectivity index (χ3n) is 10.0. The molecule has 33 heavy (non-hydrogen) atoms. The van der Waals surface area contributed by atoms with Gasteiger partial charge in [-0.05, 0) is 80.5 Å². The third kappa shape index (κ3) is 4.07. The zero-order chi connectivity index (χ0) is 24.1. The summed E-state index contributed by atoms with van der Waals surface area (Å²) in [5.74, 6) is 1.42. The lowest BCUT2D eigenvalue weighted by molar-refractivity contribution is -0.182. The van der Waals surface area contributed by atoms with Gasteiger partial charge in [0, 0.05) is 11.8 Å². The van der Waals surface area contributed by atoms with Crippen molar-refractivity contribution in [3.63, 3.8) is 0 Å². The molecule has 0 unspecified atom stereocenters. The lowest BCUT2D eigenvalue weighted by Gasteiger charge is -2.60. The van der Waals surface area contributed by atoms with Gasteiger partial charge in [0.25, 0.3) is 0 Å². The van der Waals surface area contributed by atoms with Gasteiger partial charge in [0.15, 0.2) is 12.4 Å². The maximum Gasteiger partial charge on any atom is 0.338 e. The zero-order valence-electron chi connectivity index (χ0n) is 19.6. The van der Waals surface area contributed by atoms with E-state index in [9.17, 15) is 34.8 Å². The van der Waals surface area contributed by atoms with Crippen molar-refractivity contribution in [1.29, 1.82) is 0 Å². The van der Waals surface area contributed by atoms with E-state index in [0.717, 1.165) is 44.9 Å². The Labute approximate surface area is 194 Å². The topological polar surface area (TPSA) is 141 Å². The largest absolute Gasteiger partial charge is 0.460 e. The summed E-state index contributed by atoms with van der Waals surface area (Å²) in [5, 5.41) is 39.0. The van der Waals surface area contributed by atoms with Crippen LogP contribution in [0.3, 0.4) is 0 Å². The molecule has 0 bridgehead atoms. The molecule has 0 heterocycles. The van der Waals surface area contributed by atoms with E-state index in [1.165, 1.54) is 0 Å². The minimum Gasteiger partial charge on any atom is -0.460 e. The van der Waals surface area contributed by atoms with Crippen molar-refractivity contribution >= 4 is 18.0 Å². The van der Waals surface area contributed by atoms with Crippen LogP contribution in [0.25, 0.3) is 0 Å². The number of ketones is 1. The number of aliphatic hydroxyl groups excluding tert-OH is 4. The third-order valence-corrected chi connectivity index (χ3v) is 10.0. The second-order valence-corrected chi connectivity index (χ2v) is 11.5. The number of aldehydes is 1. The van der Waals surface area contributed by atoms with E-state index in [1.54, 1.807) is 0 Å². The molecule has 0 aliphatic heterocycles. The quantitative estimate of drug-likeness (QED) is 0.337. The van der Waals surface area contributed by atoms with Crippen molar-refractivity contribution < 1.29 is 39.5 Å². The van der Waals surface area contributed by atoms with Crippen molar-refractivity contribution in [2.45, 2.75) is 102 Å². The maximum atomic E-state index is 12.6. The molecule has 0 radical (unpaired) electrons. The number of ether oxygens (including phenoxy) is 1. The van der Waals surface area contributed by atoms with Crippen molar-refractivity contribution in [3.05, 3.63) is 0 Å². The average Bonchev–Trinajstić information content (AvgIpc) is 3.11. The van der Waals surface area contributed by atoms with Crippen LogP contribution in [0.5, 0.6) is 0 Å². The predicted molar refractivity (Wildman–Crippen MR) is 117 cm³/mol. The first-order valence-corrected chi connectivity index (χ1v) is 12.4. The van der Waals surface area contributed by atoms with Crippen LogP contribution in [0, 0.1) is 34.5 Å². The molecule has 0 aromatic heterocycles. The molecule has 4 rings (SSSR count). The summed E-state index contributed by atoms with van der Waals surface area (Å²) in [6.07, 6.45) is -0.157. The molecule has 11 atom stereocenters. The number of carbonyl (C=O) groups excluding carboxylic acids is 3. The van der Waals surface area contributed by atoms with Gasteiger partial charge in [-0.3, -0.25) is 4.79 Å². The number of rotatable bonds is 6. The fourth-order valence-corrected chi connectivity index (χ4v) is 7.94. The van der Waals surface area contributed by atoms with Crippen molar-refractivity contribution in [2.24, 2.45) is 34.5 Å². The number of aliphatic hydroxyl groups is 4. The molecular weight excluding hydrogens is 428 g/mol. The first-order valence-electron chi connectivity index (χ1n) is 12.4. The van der Waals surface area contributed by atoms with E-state index in [-0.39, 0.29) is 23.2 Å². The summed E-state index contributed by atoms with van der Waals surface area (Å²) >= 11 is 0. The number of fused-ring (bicyclic) bond motifs is 5. The molecule has 0 saturated heterocycles. The van der Waals surface area contributed by atoms with Gasteiger partial charge in [0.2, 0.25) is 0 Å². The molecule has 4 aliphatic rings. The lowest BCUT2D eigenvalue weighted by Crippen LogP contribution is -2.54. The molecule has 8 heteroatoms. The fraction of sp³-hybridized carbons (Fsp3) is 0.880. The second-order valence-electron chi connectivity index (χ2n) is 11.5. The zero-order valence-corrected chi connectivity index (χ0v) is 19.6.